The predicted octanol–water partition coefficient (Wildman–Crippen LogP) is 2.55. The average Bonchev–Trinajstić information content (AvgIpc) is 2.67. The number of carbonyl (C=O) groups excluding carboxylic acids is 2. The standard InChI is InChI=1S/C18H19BrN4O2/c19-15-4-2-14(3-5-15)16(24)6-7-17(25)22-10-12-23(13-11-22)18-20-8-1-9-21-18/h1-5,8-9H,6-7,10-13H2. The number of piperazine rings is 1. The number of amides is 1. The second kappa shape index (κ2) is 8.20. The molecule has 130 valence electrons. The largest absolute Gasteiger partial charge is 0.339 e. The van der Waals surface area contributed by atoms with Crippen molar-refractivity contribution in [3.8, 4) is 0 Å². The van der Waals surface area contributed by atoms with Gasteiger partial charge in [-0.05, 0) is 18.2 Å². The van der Waals surface area contributed by atoms with Crippen LogP contribution in [-0.4, -0.2) is 52.7 Å². The summed E-state index contributed by atoms with van der Waals surface area (Å²) in [5.74, 6) is 0.719. The molecule has 0 atom stereocenters. The molecule has 7 heteroatoms. The summed E-state index contributed by atoms with van der Waals surface area (Å²) in [6.45, 7) is 2.67. The van der Waals surface area contributed by atoms with Crippen LogP contribution in [0.25, 0.3) is 0 Å². The summed E-state index contributed by atoms with van der Waals surface area (Å²) in [6.07, 6.45) is 3.92. The Morgan fingerprint density at radius 2 is 1.60 bits per heavy atom. The molecule has 6 nitrogen and oxygen atoms in total. The molecule has 1 aliphatic rings. The molecule has 1 amide bonds. The van der Waals surface area contributed by atoms with Crippen LogP contribution in [0.15, 0.2) is 47.2 Å². The highest BCUT2D eigenvalue weighted by molar-refractivity contribution is 9.10. The van der Waals surface area contributed by atoms with E-state index >= 15 is 0 Å². The molecule has 0 bridgehead atoms. The number of carbonyl (C=O) groups is 2. The Morgan fingerprint density at radius 1 is 0.960 bits per heavy atom. The zero-order chi connectivity index (χ0) is 17.6. The first-order chi connectivity index (χ1) is 12.1. The number of rotatable bonds is 5. The van der Waals surface area contributed by atoms with Crippen molar-refractivity contribution in [1.29, 1.82) is 0 Å². The Hall–Kier alpha value is -2.28. The van der Waals surface area contributed by atoms with Crippen LogP contribution >= 0.6 is 15.9 Å². The molecular formula is C18H19BrN4O2. The van der Waals surface area contributed by atoms with E-state index in [-0.39, 0.29) is 24.5 Å². The van der Waals surface area contributed by atoms with Crippen molar-refractivity contribution in [3.05, 3.63) is 52.8 Å². The van der Waals surface area contributed by atoms with Crippen LogP contribution in [0.4, 0.5) is 5.95 Å². The van der Waals surface area contributed by atoms with E-state index in [0.717, 1.165) is 4.47 Å². The summed E-state index contributed by atoms with van der Waals surface area (Å²) in [6, 6.07) is 9.00. The fourth-order valence-electron chi connectivity index (χ4n) is 2.77. The lowest BCUT2D eigenvalue weighted by molar-refractivity contribution is -0.131. The third-order valence-electron chi connectivity index (χ3n) is 4.20. The minimum absolute atomic E-state index is 0.00262. The van der Waals surface area contributed by atoms with E-state index in [0.29, 0.717) is 37.7 Å². The monoisotopic (exact) mass is 402 g/mol. The molecule has 0 aliphatic carbocycles. The second-order valence-electron chi connectivity index (χ2n) is 5.85. The van der Waals surface area contributed by atoms with Crippen LogP contribution in [0.3, 0.4) is 0 Å². The van der Waals surface area contributed by atoms with E-state index in [4.69, 9.17) is 0 Å². The first-order valence-corrected chi connectivity index (χ1v) is 9.01. The lowest BCUT2D eigenvalue weighted by Gasteiger charge is -2.34. The Balaban J connectivity index is 1.46. The van der Waals surface area contributed by atoms with Crippen molar-refractivity contribution in [1.82, 2.24) is 14.9 Å². The Bertz CT molecular complexity index is 729. The Labute approximate surface area is 155 Å². The van der Waals surface area contributed by atoms with Crippen LogP contribution in [0.1, 0.15) is 23.2 Å². The number of benzene rings is 1. The average molecular weight is 403 g/mol. The highest BCUT2D eigenvalue weighted by atomic mass is 79.9. The molecule has 1 saturated heterocycles. The van der Waals surface area contributed by atoms with Gasteiger partial charge in [0.25, 0.3) is 0 Å². The van der Waals surface area contributed by atoms with Gasteiger partial charge in [-0.2, -0.15) is 0 Å². The summed E-state index contributed by atoms with van der Waals surface area (Å²) in [4.78, 5) is 36.9. The topological polar surface area (TPSA) is 66.4 Å². The number of halogens is 1. The van der Waals surface area contributed by atoms with Gasteiger partial charge in [-0.15, -0.1) is 0 Å². The van der Waals surface area contributed by atoms with Crippen molar-refractivity contribution < 1.29 is 9.59 Å². The van der Waals surface area contributed by atoms with Gasteiger partial charge < -0.3 is 9.80 Å². The molecule has 1 aromatic heterocycles. The van der Waals surface area contributed by atoms with Gasteiger partial charge in [0.2, 0.25) is 11.9 Å². The van der Waals surface area contributed by atoms with E-state index in [9.17, 15) is 9.59 Å². The normalized spacial score (nSPS) is 14.4. The van der Waals surface area contributed by atoms with Crippen molar-refractivity contribution in [2.75, 3.05) is 31.1 Å². The SMILES string of the molecule is O=C(CCC(=O)N1CCN(c2ncccn2)CC1)c1ccc(Br)cc1. The summed E-state index contributed by atoms with van der Waals surface area (Å²) >= 11 is 3.35. The quantitative estimate of drug-likeness (QED) is 0.718. The van der Waals surface area contributed by atoms with Crippen LogP contribution in [0.5, 0.6) is 0 Å². The van der Waals surface area contributed by atoms with Gasteiger partial charge in [0.15, 0.2) is 5.78 Å². The predicted molar refractivity (Wildman–Crippen MR) is 98.5 cm³/mol. The zero-order valence-corrected chi connectivity index (χ0v) is 15.4. The van der Waals surface area contributed by atoms with Crippen molar-refractivity contribution in [3.63, 3.8) is 0 Å². The third kappa shape index (κ3) is 4.63. The zero-order valence-electron chi connectivity index (χ0n) is 13.8. The number of anilines is 1. The number of ketones is 1. The van der Waals surface area contributed by atoms with Crippen LogP contribution in [0, 0.1) is 0 Å². The number of hydrogen-bond donors (Lipinski definition) is 0. The first-order valence-electron chi connectivity index (χ1n) is 8.22. The van der Waals surface area contributed by atoms with Gasteiger partial charge in [0.05, 0.1) is 0 Å². The van der Waals surface area contributed by atoms with E-state index in [1.165, 1.54) is 0 Å². The van der Waals surface area contributed by atoms with Gasteiger partial charge >= 0.3 is 0 Å². The summed E-state index contributed by atoms with van der Waals surface area (Å²) in [5, 5.41) is 0. The van der Waals surface area contributed by atoms with Gasteiger partial charge in [0, 0.05) is 61.5 Å². The smallest absolute Gasteiger partial charge is 0.225 e. The summed E-state index contributed by atoms with van der Waals surface area (Å²) < 4.78 is 0.931. The number of aromatic nitrogens is 2. The van der Waals surface area contributed by atoms with E-state index in [2.05, 4.69) is 30.8 Å². The van der Waals surface area contributed by atoms with Gasteiger partial charge in [-0.25, -0.2) is 9.97 Å². The van der Waals surface area contributed by atoms with Crippen molar-refractivity contribution in [2.45, 2.75) is 12.8 Å². The Kier molecular flexibility index (Phi) is 5.75. The molecule has 0 spiro atoms. The minimum Gasteiger partial charge on any atom is -0.339 e. The summed E-state index contributed by atoms with van der Waals surface area (Å²) in [5.41, 5.74) is 0.641. The number of nitrogens with zero attached hydrogens (tertiary/aromatic N) is 4. The molecule has 0 saturated carbocycles. The molecule has 25 heavy (non-hydrogen) atoms. The molecule has 0 unspecified atom stereocenters. The van der Waals surface area contributed by atoms with E-state index in [1.54, 1.807) is 30.6 Å². The van der Waals surface area contributed by atoms with E-state index in [1.807, 2.05) is 17.0 Å². The summed E-state index contributed by atoms with van der Waals surface area (Å²) in [7, 11) is 0. The van der Waals surface area contributed by atoms with E-state index < -0.39 is 0 Å². The fraction of sp³-hybridized carbons (Fsp3) is 0.333. The number of Topliss-reactive ketones (excluding diaryl/α,β-unsaturated/α-hetero) is 1. The molecule has 1 fully saturated rings. The van der Waals surface area contributed by atoms with Crippen LogP contribution in [0.2, 0.25) is 0 Å². The molecular weight excluding hydrogens is 384 g/mol. The highest BCUT2D eigenvalue weighted by Gasteiger charge is 2.22. The second-order valence-corrected chi connectivity index (χ2v) is 6.76. The van der Waals surface area contributed by atoms with Crippen LogP contribution in [-0.2, 0) is 4.79 Å². The molecule has 0 N–H and O–H groups in total. The molecule has 2 heterocycles. The van der Waals surface area contributed by atoms with Crippen molar-refractivity contribution >= 4 is 33.6 Å². The maximum Gasteiger partial charge on any atom is 0.225 e. The Morgan fingerprint density at radius 3 is 2.24 bits per heavy atom. The maximum atomic E-state index is 12.3. The molecule has 2 aromatic rings. The third-order valence-corrected chi connectivity index (χ3v) is 4.73. The molecule has 1 aromatic carbocycles. The van der Waals surface area contributed by atoms with Crippen molar-refractivity contribution in [2.24, 2.45) is 0 Å². The molecule has 1 aliphatic heterocycles. The minimum atomic E-state index is -0.00262. The first kappa shape index (κ1) is 17.5. The van der Waals surface area contributed by atoms with Gasteiger partial charge in [-0.1, -0.05) is 28.1 Å². The number of hydrogen-bond acceptors (Lipinski definition) is 5. The maximum absolute atomic E-state index is 12.3. The fourth-order valence-corrected chi connectivity index (χ4v) is 3.03. The van der Waals surface area contributed by atoms with Gasteiger partial charge in [-0.3, -0.25) is 9.59 Å². The lowest BCUT2D eigenvalue weighted by Crippen LogP contribution is -2.49. The highest BCUT2D eigenvalue weighted by Crippen LogP contribution is 2.14. The molecule has 0 radical (unpaired) electrons. The van der Waals surface area contributed by atoms with Gasteiger partial charge in [0.1, 0.15) is 0 Å². The van der Waals surface area contributed by atoms with Crippen LogP contribution < -0.4 is 4.90 Å². The lowest BCUT2D eigenvalue weighted by atomic mass is 10.1. The molecule has 3 rings (SSSR count).